The van der Waals surface area contributed by atoms with Gasteiger partial charge in [-0.1, -0.05) is 43.2 Å². The van der Waals surface area contributed by atoms with E-state index in [4.69, 9.17) is 4.98 Å². The molecule has 20 heavy (non-hydrogen) atoms. The van der Waals surface area contributed by atoms with Crippen molar-refractivity contribution in [3.8, 4) is 11.3 Å². The molecule has 2 aromatic rings. The maximum Gasteiger partial charge on any atom is 0.0935 e. The van der Waals surface area contributed by atoms with E-state index in [1.807, 2.05) is 11.3 Å². The van der Waals surface area contributed by atoms with Gasteiger partial charge in [0, 0.05) is 23.4 Å². The van der Waals surface area contributed by atoms with Crippen LogP contribution in [0.2, 0.25) is 0 Å². The van der Waals surface area contributed by atoms with Gasteiger partial charge in [0.2, 0.25) is 0 Å². The van der Waals surface area contributed by atoms with Crippen molar-refractivity contribution in [2.45, 2.75) is 38.1 Å². The van der Waals surface area contributed by atoms with E-state index in [-0.39, 0.29) is 0 Å². The van der Waals surface area contributed by atoms with Gasteiger partial charge in [-0.2, -0.15) is 0 Å². The van der Waals surface area contributed by atoms with E-state index in [9.17, 15) is 0 Å². The van der Waals surface area contributed by atoms with E-state index < -0.39 is 0 Å². The summed E-state index contributed by atoms with van der Waals surface area (Å²) in [6, 6.07) is 11.1. The van der Waals surface area contributed by atoms with Crippen LogP contribution in [0.5, 0.6) is 0 Å². The van der Waals surface area contributed by atoms with Gasteiger partial charge in [-0.25, -0.2) is 4.98 Å². The molecule has 0 radical (unpaired) electrons. The summed E-state index contributed by atoms with van der Waals surface area (Å²) in [5.41, 5.74) is 2.35. The summed E-state index contributed by atoms with van der Waals surface area (Å²) in [4.78, 5) is 4.83. The van der Waals surface area contributed by atoms with Gasteiger partial charge in [-0.3, -0.25) is 0 Å². The fourth-order valence-corrected chi connectivity index (χ4v) is 4.10. The first kappa shape index (κ1) is 13.8. The maximum absolute atomic E-state index is 4.83. The number of rotatable bonds is 4. The first-order valence-electron chi connectivity index (χ1n) is 7.54. The lowest BCUT2D eigenvalue weighted by molar-refractivity contribution is 0.272. The zero-order valence-electron chi connectivity index (χ0n) is 12.0. The van der Waals surface area contributed by atoms with Crippen LogP contribution in [0.25, 0.3) is 11.3 Å². The molecule has 1 aromatic carbocycles. The standard InChI is InChI=1S/C17H22N2S/c1-18-15-10-6-5-9-14(15)11-17-19-16(12-20-17)13-7-3-2-4-8-13/h2-4,7-8,12,14-15,18H,5-6,9-11H2,1H3. The fourth-order valence-electron chi connectivity index (χ4n) is 3.20. The highest BCUT2D eigenvalue weighted by Crippen LogP contribution is 2.30. The van der Waals surface area contributed by atoms with Crippen molar-refractivity contribution in [1.29, 1.82) is 0 Å². The van der Waals surface area contributed by atoms with Crippen LogP contribution in [-0.4, -0.2) is 18.1 Å². The molecule has 0 bridgehead atoms. The largest absolute Gasteiger partial charge is 0.317 e. The highest BCUT2D eigenvalue weighted by molar-refractivity contribution is 7.09. The Morgan fingerprint density at radius 1 is 1.20 bits per heavy atom. The Hall–Kier alpha value is -1.19. The Bertz CT molecular complexity index is 535. The van der Waals surface area contributed by atoms with Gasteiger partial charge in [-0.15, -0.1) is 11.3 Å². The van der Waals surface area contributed by atoms with Crippen LogP contribution in [0.4, 0.5) is 0 Å². The summed E-state index contributed by atoms with van der Waals surface area (Å²) in [7, 11) is 2.10. The third-order valence-corrected chi connectivity index (χ3v) is 5.21. The van der Waals surface area contributed by atoms with E-state index in [1.54, 1.807) is 0 Å². The Labute approximate surface area is 125 Å². The van der Waals surface area contributed by atoms with Crippen molar-refractivity contribution in [3.05, 3.63) is 40.7 Å². The minimum Gasteiger partial charge on any atom is -0.317 e. The van der Waals surface area contributed by atoms with E-state index in [0.29, 0.717) is 6.04 Å². The summed E-state index contributed by atoms with van der Waals surface area (Å²) in [5.74, 6) is 0.753. The molecule has 1 aromatic heterocycles. The second-order valence-corrected chi connectivity index (χ2v) is 6.58. The topological polar surface area (TPSA) is 24.9 Å². The van der Waals surface area contributed by atoms with Crippen LogP contribution in [0.1, 0.15) is 30.7 Å². The summed E-state index contributed by atoms with van der Waals surface area (Å²) < 4.78 is 0. The molecule has 0 aliphatic heterocycles. The Kier molecular flexibility index (Phi) is 4.48. The van der Waals surface area contributed by atoms with Gasteiger partial charge in [0.05, 0.1) is 10.7 Å². The molecular formula is C17H22N2S. The first-order valence-corrected chi connectivity index (χ1v) is 8.42. The molecular weight excluding hydrogens is 264 g/mol. The average Bonchev–Trinajstić information content (AvgIpc) is 2.97. The van der Waals surface area contributed by atoms with Gasteiger partial charge in [0.15, 0.2) is 0 Å². The lowest BCUT2D eigenvalue weighted by Crippen LogP contribution is -2.37. The van der Waals surface area contributed by atoms with E-state index in [2.05, 4.69) is 48.1 Å². The van der Waals surface area contributed by atoms with Crippen molar-refractivity contribution < 1.29 is 0 Å². The van der Waals surface area contributed by atoms with Gasteiger partial charge < -0.3 is 5.32 Å². The molecule has 1 N–H and O–H groups in total. The summed E-state index contributed by atoms with van der Waals surface area (Å²) >= 11 is 1.81. The molecule has 1 heterocycles. The first-order chi connectivity index (χ1) is 9.86. The van der Waals surface area contributed by atoms with E-state index in [0.717, 1.165) is 18.0 Å². The number of aromatic nitrogens is 1. The van der Waals surface area contributed by atoms with Crippen LogP contribution in [0, 0.1) is 5.92 Å². The second kappa shape index (κ2) is 6.51. The van der Waals surface area contributed by atoms with Gasteiger partial charge in [-0.05, 0) is 25.8 Å². The molecule has 0 amide bonds. The number of thiazole rings is 1. The van der Waals surface area contributed by atoms with Crippen LogP contribution >= 0.6 is 11.3 Å². The van der Waals surface area contributed by atoms with Crippen molar-refractivity contribution in [2.24, 2.45) is 5.92 Å². The maximum atomic E-state index is 4.83. The van der Waals surface area contributed by atoms with Crippen molar-refractivity contribution in [3.63, 3.8) is 0 Å². The normalized spacial score (nSPS) is 22.9. The minimum atomic E-state index is 0.674. The molecule has 3 rings (SSSR count). The molecule has 0 spiro atoms. The molecule has 3 heteroatoms. The monoisotopic (exact) mass is 286 g/mol. The van der Waals surface area contributed by atoms with Crippen LogP contribution in [0.15, 0.2) is 35.7 Å². The molecule has 1 fully saturated rings. The summed E-state index contributed by atoms with van der Waals surface area (Å²) in [5, 5.41) is 6.97. The predicted molar refractivity (Wildman–Crippen MR) is 86.1 cm³/mol. The number of hydrogen-bond donors (Lipinski definition) is 1. The molecule has 1 aliphatic carbocycles. The van der Waals surface area contributed by atoms with Crippen LogP contribution < -0.4 is 5.32 Å². The highest BCUT2D eigenvalue weighted by atomic mass is 32.1. The van der Waals surface area contributed by atoms with Crippen molar-refractivity contribution in [2.75, 3.05) is 7.05 Å². The zero-order chi connectivity index (χ0) is 13.8. The fraction of sp³-hybridized carbons (Fsp3) is 0.471. The number of hydrogen-bond acceptors (Lipinski definition) is 3. The van der Waals surface area contributed by atoms with Gasteiger partial charge >= 0.3 is 0 Å². The number of nitrogens with zero attached hydrogens (tertiary/aromatic N) is 1. The Morgan fingerprint density at radius 2 is 2.00 bits per heavy atom. The Morgan fingerprint density at radius 3 is 2.80 bits per heavy atom. The lowest BCUT2D eigenvalue weighted by Gasteiger charge is -2.30. The lowest BCUT2D eigenvalue weighted by atomic mass is 9.83. The summed E-state index contributed by atoms with van der Waals surface area (Å²) in [6.07, 6.45) is 6.53. The molecule has 106 valence electrons. The van der Waals surface area contributed by atoms with Gasteiger partial charge in [0.25, 0.3) is 0 Å². The Balaban J connectivity index is 1.71. The predicted octanol–water partition coefficient (Wildman–Crippen LogP) is 4.13. The average molecular weight is 286 g/mol. The van der Waals surface area contributed by atoms with Crippen molar-refractivity contribution >= 4 is 11.3 Å². The molecule has 2 nitrogen and oxygen atoms in total. The quantitative estimate of drug-likeness (QED) is 0.914. The van der Waals surface area contributed by atoms with Crippen molar-refractivity contribution in [1.82, 2.24) is 10.3 Å². The van der Waals surface area contributed by atoms with E-state index >= 15 is 0 Å². The number of benzene rings is 1. The summed E-state index contributed by atoms with van der Waals surface area (Å²) in [6.45, 7) is 0. The van der Waals surface area contributed by atoms with Gasteiger partial charge in [0.1, 0.15) is 0 Å². The van der Waals surface area contributed by atoms with Crippen LogP contribution in [0.3, 0.4) is 0 Å². The van der Waals surface area contributed by atoms with Crippen LogP contribution in [-0.2, 0) is 6.42 Å². The molecule has 0 saturated heterocycles. The smallest absolute Gasteiger partial charge is 0.0935 e. The molecule has 1 saturated carbocycles. The SMILES string of the molecule is CNC1CCCCC1Cc1nc(-c2ccccc2)cs1. The third-order valence-electron chi connectivity index (χ3n) is 4.34. The third kappa shape index (κ3) is 3.10. The molecule has 2 unspecified atom stereocenters. The molecule has 2 atom stereocenters. The molecule has 1 aliphatic rings. The second-order valence-electron chi connectivity index (χ2n) is 5.64. The zero-order valence-corrected chi connectivity index (χ0v) is 12.8. The minimum absolute atomic E-state index is 0.674. The number of nitrogens with one attached hydrogen (secondary N) is 1. The highest BCUT2D eigenvalue weighted by Gasteiger charge is 2.24. The van der Waals surface area contributed by atoms with E-state index in [1.165, 1.54) is 36.3 Å².